The molecule has 1 N–H and O–H groups in total. The maximum atomic E-state index is 13.0. The van der Waals surface area contributed by atoms with Crippen LogP contribution in [0.1, 0.15) is 0 Å². The summed E-state index contributed by atoms with van der Waals surface area (Å²) < 4.78 is 35.7. The number of halogens is 2. The molecule has 2 aromatic carbocycles. The summed E-state index contributed by atoms with van der Waals surface area (Å²) in [6.07, 6.45) is 0. The first-order valence-corrected chi connectivity index (χ1v) is 7.81. The fourth-order valence-electron chi connectivity index (χ4n) is 1.91. The zero-order valence-corrected chi connectivity index (χ0v) is 12.4. The molecule has 0 spiro atoms. The maximum absolute atomic E-state index is 13.0. The Bertz CT molecular complexity index is 906. The van der Waals surface area contributed by atoms with Crippen LogP contribution in [0.25, 0.3) is 22.4 Å². The Morgan fingerprint density at radius 1 is 1.15 bits per heavy atom. The van der Waals surface area contributed by atoms with Crippen LogP contribution in [0.5, 0.6) is 0 Å². The third kappa shape index (κ3) is 2.46. The number of aromatic amines is 1. The van der Waals surface area contributed by atoms with E-state index in [0.29, 0.717) is 16.9 Å². The third-order valence-corrected chi connectivity index (χ3v) is 4.14. The average molecular weight is 355 g/mol. The SMILES string of the molecule is O=S(=O)(F)c1ccc2nc(-c3cccc(Br)c3)[nH]c2c1. The molecule has 4 nitrogen and oxygen atoms in total. The van der Waals surface area contributed by atoms with Crippen molar-refractivity contribution in [2.45, 2.75) is 4.90 Å². The van der Waals surface area contributed by atoms with Crippen molar-refractivity contribution in [3.8, 4) is 11.4 Å². The molecule has 0 saturated heterocycles. The second-order valence-electron chi connectivity index (χ2n) is 4.21. The number of fused-ring (bicyclic) bond motifs is 1. The van der Waals surface area contributed by atoms with Gasteiger partial charge in [-0.1, -0.05) is 28.1 Å². The molecule has 0 bridgehead atoms. The number of hydrogen-bond acceptors (Lipinski definition) is 3. The molecule has 1 heterocycles. The Morgan fingerprint density at radius 2 is 1.95 bits per heavy atom. The van der Waals surface area contributed by atoms with Gasteiger partial charge in [0.1, 0.15) is 10.7 Å². The zero-order valence-electron chi connectivity index (χ0n) is 9.97. The van der Waals surface area contributed by atoms with Gasteiger partial charge in [0.05, 0.1) is 11.0 Å². The number of benzene rings is 2. The summed E-state index contributed by atoms with van der Waals surface area (Å²) in [5.74, 6) is 0.592. The van der Waals surface area contributed by atoms with Crippen LogP contribution in [0.3, 0.4) is 0 Å². The number of nitrogens with one attached hydrogen (secondary N) is 1. The van der Waals surface area contributed by atoms with E-state index in [0.717, 1.165) is 10.0 Å². The summed E-state index contributed by atoms with van der Waals surface area (Å²) in [5.41, 5.74) is 1.89. The molecule has 0 amide bonds. The van der Waals surface area contributed by atoms with Crippen molar-refractivity contribution in [1.29, 1.82) is 0 Å². The first-order chi connectivity index (χ1) is 9.43. The Balaban J connectivity index is 2.16. The van der Waals surface area contributed by atoms with Gasteiger partial charge in [-0.15, -0.1) is 3.89 Å². The van der Waals surface area contributed by atoms with Crippen LogP contribution in [0.15, 0.2) is 51.8 Å². The Morgan fingerprint density at radius 3 is 2.65 bits per heavy atom. The quantitative estimate of drug-likeness (QED) is 0.714. The predicted molar refractivity (Wildman–Crippen MR) is 77.5 cm³/mol. The molecule has 0 aliphatic carbocycles. The van der Waals surface area contributed by atoms with Crippen molar-refractivity contribution in [1.82, 2.24) is 9.97 Å². The second kappa shape index (κ2) is 4.68. The van der Waals surface area contributed by atoms with Gasteiger partial charge in [-0.2, -0.15) is 8.42 Å². The molecule has 7 heteroatoms. The van der Waals surface area contributed by atoms with Crippen LogP contribution in [-0.2, 0) is 10.2 Å². The Kier molecular flexibility index (Phi) is 3.10. The number of H-pyrrole nitrogens is 1. The smallest absolute Gasteiger partial charge is 0.332 e. The Labute approximate surface area is 123 Å². The van der Waals surface area contributed by atoms with Crippen LogP contribution in [-0.4, -0.2) is 18.4 Å². The van der Waals surface area contributed by atoms with E-state index in [4.69, 9.17) is 0 Å². The summed E-state index contributed by atoms with van der Waals surface area (Å²) >= 11 is 3.37. The molecule has 0 unspecified atom stereocenters. The largest absolute Gasteiger partial charge is 0.338 e. The highest BCUT2D eigenvalue weighted by Gasteiger charge is 2.14. The number of aromatic nitrogens is 2. The molecule has 3 rings (SSSR count). The first kappa shape index (κ1) is 13.3. The van der Waals surface area contributed by atoms with Crippen molar-refractivity contribution in [3.63, 3.8) is 0 Å². The third-order valence-electron chi connectivity index (χ3n) is 2.83. The van der Waals surface area contributed by atoms with Gasteiger partial charge >= 0.3 is 10.2 Å². The summed E-state index contributed by atoms with van der Waals surface area (Å²) in [6, 6.07) is 11.4. The minimum absolute atomic E-state index is 0.380. The molecular formula is C13H8BrFN2O2S. The maximum Gasteiger partial charge on any atom is 0.332 e. The van der Waals surface area contributed by atoms with Crippen LogP contribution in [0.4, 0.5) is 3.89 Å². The van der Waals surface area contributed by atoms with Crippen molar-refractivity contribution >= 4 is 37.2 Å². The predicted octanol–water partition coefficient (Wildman–Crippen LogP) is 3.65. The van der Waals surface area contributed by atoms with Gasteiger partial charge in [0.25, 0.3) is 0 Å². The van der Waals surface area contributed by atoms with E-state index in [1.54, 1.807) is 0 Å². The molecule has 20 heavy (non-hydrogen) atoms. The molecule has 3 aromatic rings. The van der Waals surface area contributed by atoms with Gasteiger partial charge in [0.2, 0.25) is 0 Å². The monoisotopic (exact) mass is 354 g/mol. The van der Waals surface area contributed by atoms with Crippen molar-refractivity contribution in [2.75, 3.05) is 0 Å². The molecule has 1 aromatic heterocycles. The number of hydrogen-bond donors (Lipinski definition) is 1. The van der Waals surface area contributed by atoms with E-state index < -0.39 is 10.2 Å². The van der Waals surface area contributed by atoms with Crippen molar-refractivity contribution in [3.05, 3.63) is 46.9 Å². The fraction of sp³-hybridized carbons (Fsp3) is 0. The van der Waals surface area contributed by atoms with E-state index in [-0.39, 0.29) is 4.90 Å². The summed E-state index contributed by atoms with van der Waals surface area (Å²) in [4.78, 5) is 6.96. The van der Waals surface area contributed by atoms with Crippen LogP contribution in [0, 0.1) is 0 Å². The van der Waals surface area contributed by atoms with Crippen LogP contribution < -0.4 is 0 Å². The zero-order chi connectivity index (χ0) is 14.3. The molecule has 0 radical (unpaired) electrons. The fourth-order valence-corrected chi connectivity index (χ4v) is 2.80. The minimum Gasteiger partial charge on any atom is -0.338 e. The lowest BCUT2D eigenvalue weighted by molar-refractivity contribution is 0.552. The molecule has 0 atom stereocenters. The first-order valence-electron chi connectivity index (χ1n) is 5.64. The number of rotatable bonds is 2. The summed E-state index contributed by atoms with van der Waals surface area (Å²) in [6.45, 7) is 0. The molecule has 0 aliphatic heterocycles. The van der Waals surface area contributed by atoms with Crippen molar-refractivity contribution in [2.24, 2.45) is 0 Å². The van der Waals surface area contributed by atoms with E-state index >= 15 is 0 Å². The lowest BCUT2D eigenvalue weighted by atomic mass is 10.2. The molecule has 102 valence electrons. The van der Waals surface area contributed by atoms with Crippen molar-refractivity contribution < 1.29 is 12.3 Å². The van der Waals surface area contributed by atoms with E-state index in [2.05, 4.69) is 25.9 Å². The highest BCUT2D eigenvalue weighted by molar-refractivity contribution is 9.10. The highest BCUT2D eigenvalue weighted by atomic mass is 79.9. The molecule has 0 fully saturated rings. The summed E-state index contributed by atoms with van der Waals surface area (Å²) in [7, 11) is -4.71. The van der Waals surface area contributed by atoms with Crippen LogP contribution in [0.2, 0.25) is 0 Å². The minimum atomic E-state index is -4.71. The lowest BCUT2D eigenvalue weighted by Crippen LogP contribution is -1.90. The van der Waals surface area contributed by atoms with Gasteiger partial charge in [0.15, 0.2) is 0 Å². The second-order valence-corrected chi connectivity index (χ2v) is 6.48. The topological polar surface area (TPSA) is 62.8 Å². The van der Waals surface area contributed by atoms with Gasteiger partial charge < -0.3 is 4.98 Å². The standard InChI is InChI=1S/C13H8BrFN2O2S/c14-9-3-1-2-8(6-9)13-16-11-5-4-10(20(15,18)19)7-12(11)17-13/h1-7H,(H,16,17). The van der Waals surface area contributed by atoms with Gasteiger partial charge in [0, 0.05) is 10.0 Å². The van der Waals surface area contributed by atoms with Gasteiger partial charge in [-0.25, -0.2) is 4.98 Å². The van der Waals surface area contributed by atoms with Gasteiger partial charge in [-0.05, 0) is 30.3 Å². The highest BCUT2D eigenvalue weighted by Crippen LogP contribution is 2.25. The van der Waals surface area contributed by atoms with Gasteiger partial charge in [-0.3, -0.25) is 0 Å². The number of nitrogens with zero attached hydrogens (tertiary/aromatic N) is 1. The number of imidazole rings is 1. The summed E-state index contributed by atoms with van der Waals surface area (Å²) in [5, 5.41) is 0. The van der Waals surface area contributed by atoms with E-state index in [1.807, 2.05) is 24.3 Å². The van der Waals surface area contributed by atoms with E-state index in [1.165, 1.54) is 18.2 Å². The van der Waals surface area contributed by atoms with Crippen LogP contribution >= 0.6 is 15.9 Å². The average Bonchev–Trinajstić information content (AvgIpc) is 2.80. The molecule has 0 saturated carbocycles. The Hall–Kier alpha value is -1.73. The normalized spacial score (nSPS) is 11.9. The molecular weight excluding hydrogens is 347 g/mol. The lowest BCUT2D eigenvalue weighted by Gasteiger charge is -1.96. The van der Waals surface area contributed by atoms with E-state index in [9.17, 15) is 12.3 Å². The molecule has 0 aliphatic rings.